The molecule has 2 N–H and O–H groups in total. The lowest BCUT2D eigenvalue weighted by atomic mass is 9.91. The smallest absolute Gasteiger partial charge is 0.253 e. The maximum atomic E-state index is 13.2. The zero-order valence-corrected chi connectivity index (χ0v) is 20.2. The topological polar surface area (TPSA) is 115 Å². The Morgan fingerprint density at radius 1 is 1.29 bits per heavy atom. The average Bonchev–Trinajstić information content (AvgIpc) is 3.26. The monoisotopic (exact) mass is 489 g/mol. The lowest BCUT2D eigenvalue weighted by molar-refractivity contribution is -0.163. The van der Waals surface area contributed by atoms with Crippen LogP contribution in [0.15, 0.2) is 24.3 Å². The van der Waals surface area contributed by atoms with E-state index in [-0.39, 0.29) is 18.4 Å². The summed E-state index contributed by atoms with van der Waals surface area (Å²) in [4.78, 5) is 27.8. The van der Waals surface area contributed by atoms with E-state index in [0.29, 0.717) is 56.0 Å². The highest BCUT2D eigenvalue weighted by Gasteiger charge is 2.43. The second-order valence-corrected chi connectivity index (χ2v) is 9.52. The molecule has 0 radical (unpaired) electrons. The van der Waals surface area contributed by atoms with Crippen LogP contribution in [0.5, 0.6) is 5.75 Å². The molecule has 2 aliphatic heterocycles. The van der Waals surface area contributed by atoms with E-state index in [2.05, 4.69) is 26.9 Å². The number of hydrogen-bond donors (Lipinski definition) is 2. The number of morpholine rings is 1. The van der Waals surface area contributed by atoms with Crippen LogP contribution in [0.4, 0.5) is 5.13 Å². The van der Waals surface area contributed by atoms with E-state index in [0.717, 1.165) is 25.0 Å². The van der Waals surface area contributed by atoms with E-state index in [4.69, 9.17) is 14.2 Å². The summed E-state index contributed by atoms with van der Waals surface area (Å²) in [5, 5.41) is 14.8. The van der Waals surface area contributed by atoms with Gasteiger partial charge in [-0.25, -0.2) is 0 Å². The van der Waals surface area contributed by atoms with Crippen LogP contribution < -0.4 is 15.4 Å². The van der Waals surface area contributed by atoms with Gasteiger partial charge in [-0.2, -0.15) is 0 Å². The van der Waals surface area contributed by atoms with Gasteiger partial charge in [-0.05, 0) is 37.3 Å². The van der Waals surface area contributed by atoms with Crippen LogP contribution in [0.3, 0.4) is 0 Å². The number of methoxy groups -OCH3 is 1. The number of rotatable bonds is 5. The Kier molecular flexibility index (Phi) is 8.44. The minimum Gasteiger partial charge on any atom is -0.491 e. The number of carbonyl (C=O) groups is 2. The molecule has 4 rings (SSSR count). The van der Waals surface area contributed by atoms with Crippen molar-refractivity contribution >= 4 is 28.3 Å². The first kappa shape index (κ1) is 24.5. The van der Waals surface area contributed by atoms with Crippen LogP contribution in [-0.4, -0.2) is 79.0 Å². The summed E-state index contributed by atoms with van der Waals surface area (Å²) in [6, 6.07) is 8.04. The molecule has 0 aliphatic carbocycles. The van der Waals surface area contributed by atoms with Gasteiger partial charge in [0.15, 0.2) is 5.60 Å². The maximum absolute atomic E-state index is 13.2. The number of anilines is 1. The summed E-state index contributed by atoms with van der Waals surface area (Å²) in [6.45, 7) is 2.59. The zero-order chi connectivity index (χ0) is 23.8. The normalized spacial score (nSPS) is 22.1. The van der Waals surface area contributed by atoms with E-state index in [1.165, 1.54) is 16.9 Å². The molecule has 10 nitrogen and oxygen atoms in total. The number of aromatic nitrogens is 2. The molecule has 1 unspecified atom stereocenters. The van der Waals surface area contributed by atoms with Crippen molar-refractivity contribution in [3.8, 4) is 5.75 Å². The second-order valence-electron chi connectivity index (χ2n) is 8.45. The van der Waals surface area contributed by atoms with Gasteiger partial charge in [-0.1, -0.05) is 29.5 Å². The highest BCUT2D eigenvalue weighted by molar-refractivity contribution is 7.15. The molecule has 34 heavy (non-hydrogen) atoms. The van der Waals surface area contributed by atoms with Crippen molar-refractivity contribution in [3.63, 3.8) is 0 Å². The first-order valence-electron chi connectivity index (χ1n) is 11.5. The van der Waals surface area contributed by atoms with Crippen LogP contribution in [0.2, 0.25) is 0 Å². The molecule has 3 heterocycles. The summed E-state index contributed by atoms with van der Waals surface area (Å²) in [7, 11) is 1.58. The standard InChI is InChI=1S/C23H31N5O5S/c1-31-15-20-26-27-22(34-20)25-19(29)14-28-11-13-33-23(16-28)9-5-4-7-17-6-2-3-8-18(17)32-12-10-24-21(23)30/h2-3,6,8H,4-5,7,9-16H2,1H3,(H,24,30)(H,25,27,29). The molecule has 1 spiro atoms. The molecule has 1 fully saturated rings. The van der Waals surface area contributed by atoms with Crippen molar-refractivity contribution in [2.45, 2.75) is 37.9 Å². The average molecular weight is 490 g/mol. The van der Waals surface area contributed by atoms with Crippen molar-refractivity contribution in [1.29, 1.82) is 0 Å². The first-order valence-corrected chi connectivity index (χ1v) is 12.4. The summed E-state index contributed by atoms with van der Waals surface area (Å²) in [5.41, 5.74) is 0.197. The summed E-state index contributed by atoms with van der Waals surface area (Å²) < 4.78 is 17.0. The Hall–Kier alpha value is -2.60. The van der Waals surface area contributed by atoms with Gasteiger partial charge in [0.1, 0.15) is 24.0 Å². The summed E-state index contributed by atoms with van der Waals surface area (Å²) in [5.74, 6) is 0.530. The quantitative estimate of drug-likeness (QED) is 0.651. The molecular formula is C23H31N5O5S. The number of fused-ring (bicyclic) bond motifs is 1. The third kappa shape index (κ3) is 6.29. The number of nitrogens with zero attached hydrogens (tertiary/aromatic N) is 3. The molecule has 1 saturated heterocycles. The largest absolute Gasteiger partial charge is 0.491 e. The Morgan fingerprint density at radius 3 is 3.06 bits per heavy atom. The van der Waals surface area contributed by atoms with Gasteiger partial charge in [0.2, 0.25) is 11.0 Å². The number of aryl methyl sites for hydroxylation is 1. The molecule has 1 aromatic heterocycles. The molecule has 184 valence electrons. The number of ether oxygens (including phenoxy) is 3. The van der Waals surface area contributed by atoms with Gasteiger partial charge in [0.25, 0.3) is 5.91 Å². The van der Waals surface area contributed by atoms with Crippen LogP contribution in [0, 0.1) is 0 Å². The SMILES string of the molecule is COCc1nnc(NC(=O)CN2CCOC3(CCCCc4ccccc4OCCNC3=O)C2)s1. The predicted molar refractivity (Wildman–Crippen MR) is 127 cm³/mol. The second kappa shape index (κ2) is 11.7. The molecule has 2 aromatic rings. The molecular weight excluding hydrogens is 458 g/mol. The molecule has 1 aromatic carbocycles. The fourth-order valence-electron chi connectivity index (χ4n) is 4.30. The molecule has 2 aliphatic rings. The Bertz CT molecular complexity index is 986. The Morgan fingerprint density at radius 2 is 2.18 bits per heavy atom. The van der Waals surface area contributed by atoms with Gasteiger partial charge in [0, 0.05) is 20.2 Å². The van der Waals surface area contributed by atoms with E-state index in [9.17, 15) is 9.59 Å². The van der Waals surface area contributed by atoms with Crippen molar-refractivity contribution in [2.24, 2.45) is 0 Å². The van der Waals surface area contributed by atoms with Crippen molar-refractivity contribution in [3.05, 3.63) is 34.8 Å². The van der Waals surface area contributed by atoms with Crippen LogP contribution in [-0.2, 0) is 32.1 Å². The van der Waals surface area contributed by atoms with Crippen LogP contribution >= 0.6 is 11.3 Å². The highest BCUT2D eigenvalue weighted by Crippen LogP contribution is 2.27. The molecule has 1 atom stereocenters. The van der Waals surface area contributed by atoms with E-state index < -0.39 is 5.60 Å². The van der Waals surface area contributed by atoms with Crippen LogP contribution in [0.25, 0.3) is 0 Å². The summed E-state index contributed by atoms with van der Waals surface area (Å²) in [6.07, 6.45) is 3.22. The minimum absolute atomic E-state index is 0.147. The number of hydrogen-bond acceptors (Lipinski definition) is 9. The maximum Gasteiger partial charge on any atom is 0.253 e. The lowest BCUT2D eigenvalue weighted by Gasteiger charge is -2.41. The Labute approximate surface area is 203 Å². The van der Waals surface area contributed by atoms with Gasteiger partial charge in [-0.3, -0.25) is 19.8 Å². The molecule has 0 saturated carbocycles. The minimum atomic E-state index is -0.981. The van der Waals surface area contributed by atoms with Gasteiger partial charge in [-0.15, -0.1) is 10.2 Å². The van der Waals surface area contributed by atoms with Crippen LogP contribution in [0.1, 0.15) is 29.8 Å². The van der Waals surface area contributed by atoms with E-state index in [1.54, 1.807) is 7.11 Å². The number of amides is 2. The Balaban J connectivity index is 1.37. The number of carbonyl (C=O) groups excluding carboxylic acids is 2. The fourth-order valence-corrected chi connectivity index (χ4v) is 5.03. The number of nitrogens with one attached hydrogen (secondary N) is 2. The van der Waals surface area contributed by atoms with Gasteiger partial charge in [0.05, 0.1) is 19.7 Å². The van der Waals surface area contributed by atoms with Crippen molar-refractivity contribution < 1.29 is 23.8 Å². The van der Waals surface area contributed by atoms with E-state index >= 15 is 0 Å². The highest BCUT2D eigenvalue weighted by atomic mass is 32.1. The number of para-hydroxylation sites is 1. The lowest BCUT2D eigenvalue weighted by Crippen LogP contribution is -2.61. The fraction of sp³-hybridized carbons (Fsp3) is 0.565. The van der Waals surface area contributed by atoms with Gasteiger partial charge >= 0.3 is 0 Å². The number of benzene rings is 1. The third-order valence-corrected chi connectivity index (χ3v) is 6.73. The van der Waals surface area contributed by atoms with Gasteiger partial charge < -0.3 is 19.5 Å². The predicted octanol–water partition coefficient (Wildman–Crippen LogP) is 1.62. The molecule has 0 bridgehead atoms. The first-order chi connectivity index (χ1) is 16.6. The van der Waals surface area contributed by atoms with Crippen molar-refractivity contribution in [1.82, 2.24) is 20.4 Å². The molecule has 11 heteroatoms. The zero-order valence-electron chi connectivity index (χ0n) is 19.4. The van der Waals surface area contributed by atoms with Crippen molar-refractivity contribution in [2.75, 3.05) is 51.8 Å². The van der Waals surface area contributed by atoms with E-state index in [1.807, 2.05) is 23.1 Å². The molecule has 2 amide bonds. The third-order valence-electron chi connectivity index (χ3n) is 5.92. The summed E-state index contributed by atoms with van der Waals surface area (Å²) >= 11 is 1.28.